The second kappa shape index (κ2) is 11.1. The van der Waals surface area contributed by atoms with Crippen molar-refractivity contribution in [3.8, 4) is 0 Å². The Balaban J connectivity index is 1.97. The van der Waals surface area contributed by atoms with E-state index < -0.39 is 54.6 Å². The molecule has 2 saturated heterocycles. The highest BCUT2D eigenvalue weighted by atomic mass is 16.6. The van der Waals surface area contributed by atoms with Gasteiger partial charge < -0.3 is 24.8 Å². The van der Waals surface area contributed by atoms with E-state index in [9.17, 15) is 29.7 Å². The van der Waals surface area contributed by atoms with Crippen LogP contribution in [-0.2, 0) is 23.9 Å². The standard InChI is InChI=1S/C24H33NO8/c1-14-5-3-6-16(13-27)10-20-21(19(9-14)32-23(30)15(2)12-26)17(24(31)33-20)11-25-8-4-7-18(25)22(28)29/h5,10,17-21,26-27H,2-4,6-9,11-13H2,1H3,(H,28,29)/b14-5+,16-10-/t17-,18-,19-,20+,21+/m0/s1. The molecule has 1 aliphatic carbocycles. The first-order valence-corrected chi connectivity index (χ1v) is 11.4. The van der Waals surface area contributed by atoms with Crippen LogP contribution in [0, 0.1) is 11.8 Å². The highest BCUT2D eigenvalue weighted by Gasteiger charge is 2.51. The Morgan fingerprint density at radius 3 is 2.76 bits per heavy atom. The van der Waals surface area contributed by atoms with E-state index in [-0.39, 0.29) is 18.7 Å². The molecule has 182 valence electrons. The van der Waals surface area contributed by atoms with Crippen LogP contribution in [0.25, 0.3) is 0 Å². The Kier molecular flexibility index (Phi) is 8.45. The average Bonchev–Trinajstić information content (AvgIpc) is 3.36. The zero-order valence-electron chi connectivity index (χ0n) is 18.9. The van der Waals surface area contributed by atoms with E-state index in [4.69, 9.17) is 9.47 Å². The first-order valence-electron chi connectivity index (χ1n) is 11.4. The summed E-state index contributed by atoms with van der Waals surface area (Å²) in [5.74, 6) is -3.44. The predicted octanol–water partition coefficient (Wildman–Crippen LogP) is 1.20. The topological polar surface area (TPSA) is 134 Å². The van der Waals surface area contributed by atoms with E-state index in [1.54, 1.807) is 11.0 Å². The van der Waals surface area contributed by atoms with Crippen molar-refractivity contribution in [2.24, 2.45) is 11.8 Å². The Bertz CT molecular complexity index is 847. The van der Waals surface area contributed by atoms with Gasteiger partial charge in [-0.05, 0) is 50.8 Å². The fourth-order valence-electron chi connectivity index (χ4n) is 4.97. The van der Waals surface area contributed by atoms with Gasteiger partial charge in [-0.1, -0.05) is 18.2 Å². The van der Waals surface area contributed by atoms with E-state index in [0.29, 0.717) is 32.2 Å². The summed E-state index contributed by atoms with van der Waals surface area (Å²) in [6, 6.07) is -0.670. The SMILES string of the molecule is C=C(CO)C(=O)O[C@H]1C/C(C)=C/CC/C(CO)=C/[C@H]2OC(=O)[C@@H](CN3CCC[C@H]3C(=O)O)[C@H]12. The van der Waals surface area contributed by atoms with Crippen molar-refractivity contribution in [1.82, 2.24) is 4.90 Å². The number of esters is 2. The molecule has 0 aromatic carbocycles. The molecule has 3 aliphatic rings. The molecule has 9 heteroatoms. The van der Waals surface area contributed by atoms with Gasteiger partial charge >= 0.3 is 17.9 Å². The second-order valence-corrected chi connectivity index (χ2v) is 9.06. The molecule has 0 bridgehead atoms. The summed E-state index contributed by atoms with van der Waals surface area (Å²) in [5, 5.41) is 28.7. The lowest BCUT2D eigenvalue weighted by Gasteiger charge is -2.32. The van der Waals surface area contributed by atoms with Gasteiger partial charge in [-0.25, -0.2) is 4.79 Å². The molecule has 0 aromatic rings. The number of hydrogen-bond acceptors (Lipinski definition) is 8. The Morgan fingerprint density at radius 1 is 1.33 bits per heavy atom. The number of aliphatic carboxylic acids is 1. The fraction of sp³-hybridized carbons (Fsp3) is 0.625. The van der Waals surface area contributed by atoms with Gasteiger partial charge in [-0.3, -0.25) is 14.5 Å². The maximum atomic E-state index is 13.0. The summed E-state index contributed by atoms with van der Waals surface area (Å²) in [6.07, 6.45) is 5.16. The number of rotatable bonds is 7. The largest absolute Gasteiger partial charge is 0.480 e. The van der Waals surface area contributed by atoms with E-state index in [1.807, 2.05) is 13.0 Å². The number of carboxylic acid groups (broad SMARTS) is 1. The van der Waals surface area contributed by atoms with Crippen LogP contribution in [0.15, 0.2) is 35.5 Å². The van der Waals surface area contributed by atoms with E-state index >= 15 is 0 Å². The van der Waals surface area contributed by atoms with Crippen LogP contribution in [0.4, 0.5) is 0 Å². The van der Waals surface area contributed by atoms with Crippen LogP contribution in [0.2, 0.25) is 0 Å². The monoisotopic (exact) mass is 463 g/mol. The minimum Gasteiger partial charge on any atom is -0.480 e. The highest BCUT2D eigenvalue weighted by molar-refractivity contribution is 5.88. The highest BCUT2D eigenvalue weighted by Crippen LogP contribution is 2.39. The van der Waals surface area contributed by atoms with Gasteiger partial charge in [0.1, 0.15) is 18.2 Å². The number of carboxylic acids is 1. The molecule has 3 N–H and O–H groups in total. The summed E-state index contributed by atoms with van der Waals surface area (Å²) >= 11 is 0. The summed E-state index contributed by atoms with van der Waals surface area (Å²) in [4.78, 5) is 39.0. The summed E-state index contributed by atoms with van der Waals surface area (Å²) < 4.78 is 11.4. The molecule has 5 atom stereocenters. The molecule has 3 rings (SSSR count). The minimum absolute atomic E-state index is 0.0934. The molecule has 0 aromatic heterocycles. The van der Waals surface area contributed by atoms with Gasteiger partial charge in [-0.15, -0.1) is 0 Å². The fourth-order valence-corrected chi connectivity index (χ4v) is 4.97. The Hall–Kier alpha value is -2.49. The van der Waals surface area contributed by atoms with Gasteiger partial charge in [0, 0.05) is 13.0 Å². The van der Waals surface area contributed by atoms with Crippen molar-refractivity contribution in [2.45, 2.75) is 57.3 Å². The first kappa shape index (κ1) is 25.1. The normalized spacial score (nSPS) is 33.8. The smallest absolute Gasteiger partial charge is 0.336 e. The van der Waals surface area contributed by atoms with Gasteiger partial charge in [0.05, 0.1) is 30.6 Å². The van der Waals surface area contributed by atoms with Gasteiger partial charge in [0.25, 0.3) is 0 Å². The number of nitrogens with zero attached hydrogens (tertiary/aromatic N) is 1. The molecule has 33 heavy (non-hydrogen) atoms. The second-order valence-electron chi connectivity index (χ2n) is 9.06. The average molecular weight is 464 g/mol. The molecule has 0 radical (unpaired) electrons. The first-order chi connectivity index (χ1) is 15.7. The number of likely N-dealkylation sites (tertiary alicyclic amines) is 1. The molecule has 0 spiro atoms. The van der Waals surface area contributed by atoms with E-state index in [1.165, 1.54) is 0 Å². The van der Waals surface area contributed by atoms with Crippen molar-refractivity contribution >= 4 is 17.9 Å². The van der Waals surface area contributed by atoms with Gasteiger partial charge in [0.15, 0.2) is 0 Å². The lowest BCUT2D eigenvalue weighted by Crippen LogP contribution is -2.45. The Morgan fingerprint density at radius 2 is 2.09 bits per heavy atom. The third kappa shape index (κ3) is 5.90. The summed E-state index contributed by atoms with van der Waals surface area (Å²) in [5.41, 5.74) is 1.59. The maximum absolute atomic E-state index is 13.0. The third-order valence-electron chi connectivity index (χ3n) is 6.73. The van der Waals surface area contributed by atoms with Gasteiger partial charge in [-0.2, -0.15) is 0 Å². The molecule has 2 aliphatic heterocycles. The molecule has 9 nitrogen and oxygen atoms in total. The van der Waals surface area contributed by atoms with Crippen LogP contribution < -0.4 is 0 Å². The summed E-state index contributed by atoms with van der Waals surface area (Å²) in [6.45, 7) is 5.45. The zero-order valence-corrected chi connectivity index (χ0v) is 18.9. The van der Waals surface area contributed by atoms with Crippen LogP contribution in [0.1, 0.15) is 39.0 Å². The maximum Gasteiger partial charge on any atom is 0.336 e. The van der Waals surface area contributed by atoms with Crippen LogP contribution in [-0.4, -0.2) is 82.7 Å². The zero-order chi connectivity index (χ0) is 24.1. The number of carbonyl (C=O) groups excluding carboxylic acids is 2. The molecule has 2 fully saturated rings. The van der Waals surface area contributed by atoms with E-state index in [2.05, 4.69) is 6.58 Å². The Labute approximate surface area is 193 Å². The summed E-state index contributed by atoms with van der Waals surface area (Å²) in [7, 11) is 0. The van der Waals surface area contributed by atoms with Crippen LogP contribution in [0.5, 0.6) is 0 Å². The lowest BCUT2D eigenvalue weighted by atomic mass is 9.81. The number of aliphatic hydroxyl groups is 2. The third-order valence-corrected chi connectivity index (χ3v) is 6.73. The van der Waals surface area contributed by atoms with Gasteiger partial charge in [0.2, 0.25) is 0 Å². The number of fused-ring (bicyclic) bond motifs is 1. The van der Waals surface area contributed by atoms with Crippen molar-refractivity contribution < 1.29 is 39.2 Å². The van der Waals surface area contributed by atoms with E-state index in [0.717, 1.165) is 17.6 Å². The van der Waals surface area contributed by atoms with Crippen LogP contribution >= 0.6 is 0 Å². The lowest BCUT2D eigenvalue weighted by molar-refractivity contribution is -0.149. The van der Waals surface area contributed by atoms with Crippen molar-refractivity contribution in [3.05, 3.63) is 35.5 Å². The van der Waals surface area contributed by atoms with Crippen molar-refractivity contribution in [1.29, 1.82) is 0 Å². The molecule has 0 unspecified atom stereocenters. The number of carbonyl (C=O) groups is 3. The molecule has 0 saturated carbocycles. The van der Waals surface area contributed by atoms with Crippen molar-refractivity contribution in [3.63, 3.8) is 0 Å². The van der Waals surface area contributed by atoms with Crippen molar-refractivity contribution in [2.75, 3.05) is 26.3 Å². The molecular formula is C24H33NO8. The molecular weight excluding hydrogens is 430 g/mol. The molecule has 2 heterocycles. The number of aliphatic hydroxyl groups excluding tert-OH is 2. The minimum atomic E-state index is -0.926. The quantitative estimate of drug-likeness (QED) is 0.289. The molecule has 0 amide bonds. The van der Waals surface area contributed by atoms with Crippen LogP contribution in [0.3, 0.4) is 0 Å². The predicted molar refractivity (Wildman–Crippen MR) is 118 cm³/mol. The number of allylic oxidation sites excluding steroid dienone is 1. The number of hydrogen-bond donors (Lipinski definition) is 3. The number of ether oxygens (including phenoxy) is 2.